The Labute approximate surface area is 95.4 Å². The molecule has 0 aliphatic carbocycles. The lowest BCUT2D eigenvalue weighted by atomic mass is 10.2. The number of hydrogen-bond acceptors (Lipinski definition) is 4. The molecule has 0 aromatic carbocycles. The second kappa shape index (κ2) is 6.68. The first-order chi connectivity index (χ1) is 7.81. The van der Waals surface area contributed by atoms with Gasteiger partial charge < -0.3 is 10.1 Å². The van der Waals surface area contributed by atoms with Crippen LogP contribution in [0.5, 0.6) is 0 Å². The van der Waals surface area contributed by atoms with E-state index in [1.54, 1.807) is 20.4 Å². The van der Waals surface area contributed by atoms with Crippen molar-refractivity contribution in [3.63, 3.8) is 0 Å². The zero-order valence-electron chi connectivity index (χ0n) is 9.60. The fourth-order valence-corrected chi connectivity index (χ4v) is 1.22. The Kier molecular flexibility index (Phi) is 5.15. The Morgan fingerprint density at radius 2 is 2.31 bits per heavy atom. The van der Waals surface area contributed by atoms with Crippen LogP contribution < -0.4 is 5.32 Å². The molecule has 0 fully saturated rings. The maximum atomic E-state index is 4.92. The Balaban J connectivity index is 2.77. The summed E-state index contributed by atoms with van der Waals surface area (Å²) in [6.07, 6.45) is 5.43. The third-order valence-electron chi connectivity index (χ3n) is 1.97. The molecule has 5 nitrogen and oxygen atoms in total. The summed E-state index contributed by atoms with van der Waals surface area (Å²) in [6, 6.07) is 0. The van der Waals surface area contributed by atoms with E-state index < -0.39 is 0 Å². The van der Waals surface area contributed by atoms with E-state index in [4.69, 9.17) is 4.74 Å². The molecule has 0 saturated heterocycles. The summed E-state index contributed by atoms with van der Waals surface area (Å²) in [5, 5.41) is 3.10. The van der Waals surface area contributed by atoms with E-state index in [2.05, 4.69) is 27.0 Å². The standard InChI is InChI=1S/C11H16N4O/c1-12-8-9-4-5-10(14-6-7-16-3)15-11(9)13-2/h4-5,8H,1,6-7H2,2-3H3,(H,13,14,15)/b9-8-. The summed E-state index contributed by atoms with van der Waals surface area (Å²) in [6.45, 7) is 4.64. The molecule has 86 valence electrons. The molecule has 0 saturated carbocycles. The number of amidine groups is 2. The first kappa shape index (κ1) is 12.3. The van der Waals surface area contributed by atoms with Crippen molar-refractivity contribution in [1.29, 1.82) is 0 Å². The van der Waals surface area contributed by atoms with Crippen molar-refractivity contribution in [2.75, 3.05) is 27.3 Å². The third kappa shape index (κ3) is 3.43. The second-order valence-electron chi connectivity index (χ2n) is 3.06. The zero-order valence-corrected chi connectivity index (χ0v) is 9.60. The van der Waals surface area contributed by atoms with Crippen molar-refractivity contribution >= 4 is 18.4 Å². The van der Waals surface area contributed by atoms with Gasteiger partial charge in [-0.15, -0.1) is 0 Å². The van der Waals surface area contributed by atoms with Gasteiger partial charge in [0.15, 0.2) is 0 Å². The molecule has 1 heterocycles. The van der Waals surface area contributed by atoms with Crippen LogP contribution >= 0.6 is 0 Å². The van der Waals surface area contributed by atoms with Gasteiger partial charge in [0.1, 0.15) is 11.7 Å². The largest absolute Gasteiger partial charge is 0.383 e. The number of ether oxygens (including phenoxy) is 1. The maximum Gasteiger partial charge on any atom is 0.135 e. The topological polar surface area (TPSA) is 58.3 Å². The molecular weight excluding hydrogens is 204 g/mol. The highest BCUT2D eigenvalue weighted by Crippen LogP contribution is 2.05. The van der Waals surface area contributed by atoms with Gasteiger partial charge in [0.05, 0.1) is 13.2 Å². The first-order valence-corrected chi connectivity index (χ1v) is 4.93. The van der Waals surface area contributed by atoms with E-state index in [0.717, 1.165) is 17.2 Å². The molecule has 0 spiro atoms. The van der Waals surface area contributed by atoms with E-state index in [9.17, 15) is 0 Å². The van der Waals surface area contributed by atoms with E-state index >= 15 is 0 Å². The number of hydrogen-bond donors (Lipinski definition) is 1. The quantitative estimate of drug-likeness (QED) is 0.563. The van der Waals surface area contributed by atoms with E-state index in [1.807, 2.05) is 12.2 Å². The normalized spacial score (nSPS) is 22.8. The molecule has 1 aliphatic rings. The molecule has 1 rings (SSSR count). The summed E-state index contributed by atoms with van der Waals surface area (Å²) in [4.78, 5) is 12.1. The predicted octanol–water partition coefficient (Wildman–Crippen LogP) is 0.803. The molecule has 1 aliphatic heterocycles. The van der Waals surface area contributed by atoms with Crippen molar-refractivity contribution < 1.29 is 4.74 Å². The van der Waals surface area contributed by atoms with Crippen LogP contribution in [0.2, 0.25) is 0 Å². The molecule has 0 amide bonds. The van der Waals surface area contributed by atoms with Crippen LogP contribution in [-0.4, -0.2) is 45.7 Å². The van der Waals surface area contributed by atoms with Gasteiger partial charge in [-0.25, -0.2) is 0 Å². The van der Waals surface area contributed by atoms with Crippen LogP contribution in [-0.2, 0) is 4.74 Å². The van der Waals surface area contributed by atoms with Gasteiger partial charge in [-0.05, 0) is 18.9 Å². The predicted molar refractivity (Wildman–Crippen MR) is 67.4 cm³/mol. The van der Waals surface area contributed by atoms with Crippen molar-refractivity contribution in [2.24, 2.45) is 15.0 Å². The number of nitrogens with zero attached hydrogens (tertiary/aromatic N) is 3. The number of aliphatic imine (C=N–C) groups is 3. The fourth-order valence-electron chi connectivity index (χ4n) is 1.22. The molecule has 5 heteroatoms. The average molecular weight is 220 g/mol. The van der Waals surface area contributed by atoms with Crippen LogP contribution in [0.15, 0.2) is 38.9 Å². The number of nitrogens with one attached hydrogen (secondary N) is 1. The van der Waals surface area contributed by atoms with Crippen LogP contribution in [0.4, 0.5) is 0 Å². The van der Waals surface area contributed by atoms with Gasteiger partial charge in [0.25, 0.3) is 0 Å². The maximum absolute atomic E-state index is 4.92. The SMILES string of the molecule is C=N/C=C1/C=CC(=NCCOC)NC1=NC. The highest BCUT2D eigenvalue weighted by molar-refractivity contribution is 6.17. The minimum Gasteiger partial charge on any atom is -0.383 e. The lowest BCUT2D eigenvalue weighted by molar-refractivity contribution is 0.208. The monoisotopic (exact) mass is 220 g/mol. The second-order valence-corrected chi connectivity index (χ2v) is 3.06. The summed E-state index contributed by atoms with van der Waals surface area (Å²) in [5.74, 6) is 1.52. The van der Waals surface area contributed by atoms with Gasteiger partial charge in [0.2, 0.25) is 0 Å². The van der Waals surface area contributed by atoms with Crippen molar-refractivity contribution in [3.8, 4) is 0 Å². The Hall–Kier alpha value is -1.75. The molecule has 0 bridgehead atoms. The first-order valence-electron chi connectivity index (χ1n) is 4.93. The van der Waals surface area contributed by atoms with Crippen molar-refractivity contribution in [1.82, 2.24) is 5.32 Å². The Morgan fingerprint density at radius 1 is 1.50 bits per heavy atom. The lowest BCUT2D eigenvalue weighted by Crippen LogP contribution is -2.33. The molecule has 0 aromatic heterocycles. The van der Waals surface area contributed by atoms with Crippen LogP contribution in [0.1, 0.15) is 0 Å². The third-order valence-corrected chi connectivity index (χ3v) is 1.97. The fraction of sp³-hybridized carbons (Fsp3) is 0.364. The van der Waals surface area contributed by atoms with Gasteiger partial charge in [-0.1, -0.05) is 0 Å². The lowest BCUT2D eigenvalue weighted by Gasteiger charge is -2.14. The number of methoxy groups -OCH3 is 1. The molecule has 1 N–H and O–H groups in total. The molecular formula is C11H16N4O. The Bertz CT molecular complexity index is 366. The average Bonchev–Trinajstić information content (AvgIpc) is 2.31. The minimum atomic E-state index is 0.606. The molecule has 0 aromatic rings. The summed E-state index contributed by atoms with van der Waals surface area (Å²) < 4.78 is 4.92. The van der Waals surface area contributed by atoms with Gasteiger partial charge in [-0.3, -0.25) is 15.0 Å². The van der Waals surface area contributed by atoms with Gasteiger partial charge in [-0.2, -0.15) is 0 Å². The zero-order chi connectivity index (χ0) is 11.8. The van der Waals surface area contributed by atoms with Crippen molar-refractivity contribution in [2.45, 2.75) is 0 Å². The summed E-state index contributed by atoms with van der Waals surface area (Å²) in [7, 11) is 3.37. The highest BCUT2D eigenvalue weighted by atomic mass is 16.5. The van der Waals surface area contributed by atoms with Crippen LogP contribution in [0.25, 0.3) is 0 Å². The molecule has 0 unspecified atom stereocenters. The Morgan fingerprint density at radius 3 is 2.94 bits per heavy atom. The van der Waals surface area contributed by atoms with E-state index in [-0.39, 0.29) is 0 Å². The van der Waals surface area contributed by atoms with Crippen LogP contribution in [0.3, 0.4) is 0 Å². The summed E-state index contributed by atoms with van der Waals surface area (Å²) >= 11 is 0. The van der Waals surface area contributed by atoms with E-state index in [1.165, 1.54) is 0 Å². The van der Waals surface area contributed by atoms with Crippen molar-refractivity contribution in [3.05, 3.63) is 23.9 Å². The summed E-state index contributed by atoms with van der Waals surface area (Å²) in [5.41, 5.74) is 0.892. The minimum absolute atomic E-state index is 0.606. The van der Waals surface area contributed by atoms with E-state index in [0.29, 0.717) is 13.2 Å². The molecule has 0 atom stereocenters. The van der Waals surface area contributed by atoms with Gasteiger partial charge >= 0.3 is 0 Å². The molecule has 0 radical (unpaired) electrons. The highest BCUT2D eigenvalue weighted by Gasteiger charge is 2.10. The van der Waals surface area contributed by atoms with Crippen LogP contribution in [0, 0.1) is 0 Å². The molecule has 16 heavy (non-hydrogen) atoms. The van der Waals surface area contributed by atoms with Gasteiger partial charge in [0, 0.05) is 25.9 Å². The number of rotatable bonds is 4. The smallest absolute Gasteiger partial charge is 0.135 e.